The molecule has 1 aromatic carbocycles. The van der Waals surface area contributed by atoms with Gasteiger partial charge in [0.2, 0.25) is 11.8 Å². The van der Waals surface area contributed by atoms with Crippen molar-refractivity contribution in [3.8, 4) is 5.75 Å². The summed E-state index contributed by atoms with van der Waals surface area (Å²) in [7, 11) is 0. The Morgan fingerprint density at radius 2 is 1.88 bits per heavy atom. The van der Waals surface area contributed by atoms with Gasteiger partial charge in [-0.3, -0.25) is 19.5 Å². The number of aliphatic hydroxyl groups is 2. The molecule has 1 aromatic heterocycles. The number of fused-ring (bicyclic) bond motifs is 1. The van der Waals surface area contributed by atoms with Crippen LogP contribution in [0.2, 0.25) is 5.02 Å². The van der Waals surface area contributed by atoms with Crippen LogP contribution in [0.15, 0.2) is 53.7 Å². The summed E-state index contributed by atoms with van der Waals surface area (Å²) in [5.74, 6) is -1.88. The maximum atomic E-state index is 13.8. The van der Waals surface area contributed by atoms with Crippen LogP contribution in [0.4, 0.5) is 0 Å². The molecular weight excluding hydrogens is 552 g/mol. The number of amides is 2. The first-order valence-electron chi connectivity index (χ1n) is 15.2. The second kappa shape index (κ2) is 13.1. The number of pyridine rings is 1. The standard InChI is InChI=1S/C34H41ClN2O5/c1-20(2)25-18-26-32(34(42)37(33(26)41)23-8-4-3-5-9-23)27(19-38)31(25)30(40)14-12-22(29-10-6-7-15-36-29)16-21-11-13-24(39)17-28(21)35/h6-7,10-11,13,15-17,20,23,26-27,30,32,38-40H,3-5,8-9,12,14,18-19H2,1-2H3/b22-16-/t26-,27+,30-,32-/m1/s1. The topological polar surface area (TPSA) is 111 Å². The van der Waals surface area contributed by atoms with E-state index in [1.54, 1.807) is 18.3 Å². The number of aromatic hydroxyl groups is 1. The Balaban J connectivity index is 1.44. The fraction of sp³-hybridized carbons (Fsp3) is 0.500. The number of allylic oxidation sites excluding steroid dienone is 2. The predicted molar refractivity (Wildman–Crippen MR) is 163 cm³/mol. The molecule has 0 unspecified atom stereocenters. The van der Waals surface area contributed by atoms with E-state index >= 15 is 0 Å². The molecule has 2 amide bonds. The second-order valence-electron chi connectivity index (χ2n) is 12.2. The molecule has 224 valence electrons. The average molecular weight is 593 g/mol. The highest BCUT2D eigenvalue weighted by Gasteiger charge is 2.56. The number of nitrogens with zero attached hydrogens (tertiary/aromatic N) is 2. The zero-order valence-corrected chi connectivity index (χ0v) is 25.1. The quantitative estimate of drug-likeness (QED) is 0.242. The van der Waals surface area contributed by atoms with Gasteiger partial charge in [0, 0.05) is 18.2 Å². The van der Waals surface area contributed by atoms with Crippen LogP contribution in [-0.4, -0.2) is 55.8 Å². The molecule has 42 heavy (non-hydrogen) atoms. The van der Waals surface area contributed by atoms with E-state index in [1.165, 1.54) is 11.0 Å². The number of aliphatic hydroxyl groups excluding tert-OH is 2. The van der Waals surface area contributed by atoms with E-state index in [9.17, 15) is 24.9 Å². The number of imide groups is 1. The highest BCUT2D eigenvalue weighted by atomic mass is 35.5. The first-order chi connectivity index (χ1) is 20.2. The number of rotatable bonds is 9. The van der Waals surface area contributed by atoms with E-state index in [1.807, 2.05) is 38.1 Å². The van der Waals surface area contributed by atoms with Gasteiger partial charge in [0.05, 0.1) is 35.3 Å². The van der Waals surface area contributed by atoms with E-state index < -0.39 is 23.9 Å². The maximum Gasteiger partial charge on any atom is 0.234 e. The summed E-state index contributed by atoms with van der Waals surface area (Å²) in [5, 5.41) is 32.6. The molecule has 1 aliphatic heterocycles. The lowest BCUT2D eigenvalue weighted by Gasteiger charge is -2.38. The van der Waals surface area contributed by atoms with E-state index in [2.05, 4.69) is 4.98 Å². The van der Waals surface area contributed by atoms with Gasteiger partial charge in [-0.1, -0.05) is 56.4 Å². The van der Waals surface area contributed by atoms with Crippen molar-refractivity contribution in [1.29, 1.82) is 0 Å². The fourth-order valence-electron chi connectivity index (χ4n) is 7.26. The molecular formula is C34H41ClN2O5. The molecule has 2 aliphatic carbocycles. The normalized spacial score (nSPS) is 24.5. The van der Waals surface area contributed by atoms with Crippen LogP contribution >= 0.6 is 11.6 Å². The van der Waals surface area contributed by atoms with Crippen molar-refractivity contribution >= 4 is 35.1 Å². The van der Waals surface area contributed by atoms with Gasteiger partial charge in [0.1, 0.15) is 5.75 Å². The van der Waals surface area contributed by atoms with Crippen molar-refractivity contribution < 1.29 is 24.9 Å². The summed E-state index contributed by atoms with van der Waals surface area (Å²) in [6.07, 6.45) is 8.79. The lowest BCUT2D eigenvalue weighted by molar-refractivity contribution is -0.143. The third kappa shape index (κ3) is 6.05. The number of likely N-dealkylation sites (tertiary alicyclic amines) is 1. The molecule has 0 spiro atoms. The summed E-state index contributed by atoms with van der Waals surface area (Å²) in [6, 6.07) is 10.4. The minimum Gasteiger partial charge on any atom is -0.508 e. The van der Waals surface area contributed by atoms with Crippen molar-refractivity contribution in [2.24, 2.45) is 23.7 Å². The van der Waals surface area contributed by atoms with Crippen LogP contribution in [0, 0.1) is 23.7 Å². The first-order valence-corrected chi connectivity index (χ1v) is 15.6. The van der Waals surface area contributed by atoms with Crippen molar-refractivity contribution in [1.82, 2.24) is 9.88 Å². The zero-order valence-electron chi connectivity index (χ0n) is 24.4. The van der Waals surface area contributed by atoms with Gasteiger partial charge in [-0.2, -0.15) is 0 Å². The highest BCUT2D eigenvalue weighted by Crippen LogP contribution is 2.49. The molecule has 1 saturated heterocycles. The smallest absolute Gasteiger partial charge is 0.234 e. The summed E-state index contributed by atoms with van der Waals surface area (Å²) >= 11 is 6.41. The van der Waals surface area contributed by atoms with Crippen LogP contribution in [0.25, 0.3) is 11.6 Å². The Labute approximate surface area is 252 Å². The Morgan fingerprint density at radius 1 is 1.12 bits per heavy atom. The minimum absolute atomic E-state index is 0.0536. The molecule has 3 aliphatic rings. The number of halogens is 1. The van der Waals surface area contributed by atoms with Gasteiger partial charge in [0.15, 0.2) is 0 Å². The predicted octanol–water partition coefficient (Wildman–Crippen LogP) is 6.02. The lowest BCUT2D eigenvalue weighted by Crippen LogP contribution is -2.42. The molecule has 4 atom stereocenters. The number of carbonyl (C=O) groups is 2. The van der Waals surface area contributed by atoms with Crippen molar-refractivity contribution in [3.63, 3.8) is 0 Å². The number of phenols is 1. The fourth-order valence-corrected chi connectivity index (χ4v) is 7.49. The number of aromatic nitrogens is 1. The Hall–Kier alpha value is -3.00. The summed E-state index contributed by atoms with van der Waals surface area (Å²) in [4.78, 5) is 33.5. The van der Waals surface area contributed by atoms with Gasteiger partial charge in [-0.15, -0.1) is 0 Å². The average Bonchev–Trinajstić information content (AvgIpc) is 3.24. The molecule has 2 fully saturated rings. The monoisotopic (exact) mass is 592 g/mol. The van der Waals surface area contributed by atoms with E-state index in [-0.39, 0.29) is 36.1 Å². The molecule has 5 rings (SSSR count). The SMILES string of the molecule is CC(C)C1=C([C@H](O)CC/C(=C/c2ccc(O)cc2Cl)c2ccccn2)[C@H](CO)[C@@H]2C(=O)N(C3CCCCC3)C(=O)[C@@H]2C1. The molecule has 3 N–H and O–H groups in total. The molecule has 0 radical (unpaired) electrons. The maximum absolute atomic E-state index is 13.8. The third-order valence-electron chi connectivity index (χ3n) is 9.34. The van der Waals surface area contributed by atoms with E-state index in [4.69, 9.17) is 11.6 Å². The van der Waals surface area contributed by atoms with E-state index in [0.29, 0.717) is 29.9 Å². The van der Waals surface area contributed by atoms with Gasteiger partial charge < -0.3 is 15.3 Å². The van der Waals surface area contributed by atoms with Gasteiger partial charge in [-0.05, 0) is 91.1 Å². The van der Waals surface area contributed by atoms with Crippen LogP contribution < -0.4 is 0 Å². The van der Waals surface area contributed by atoms with E-state index in [0.717, 1.165) is 54.5 Å². The number of hydrogen-bond donors (Lipinski definition) is 3. The minimum atomic E-state index is -0.908. The molecule has 2 heterocycles. The first kappa shape index (κ1) is 30.5. The van der Waals surface area contributed by atoms with Crippen molar-refractivity contribution in [2.45, 2.75) is 77.4 Å². The molecule has 8 heteroatoms. The molecule has 7 nitrogen and oxygen atoms in total. The number of benzene rings is 1. The Kier molecular flexibility index (Phi) is 9.50. The third-order valence-corrected chi connectivity index (χ3v) is 9.67. The summed E-state index contributed by atoms with van der Waals surface area (Å²) in [6.45, 7) is 3.79. The molecule has 2 aromatic rings. The van der Waals surface area contributed by atoms with Gasteiger partial charge >= 0.3 is 0 Å². The van der Waals surface area contributed by atoms with Gasteiger partial charge in [-0.25, -0.2) is 0 Å². The zero-order chi connectivity index (χ0) is 30.0. The van der Waals surface area contributed by atoms with Crippen LogP contribution in [0.1, 0.15) is 76.5 Å². The lowest BCUT2D eigenvalue weighted by atomic mass is 9.66. The molecule has 1 saturated carbocycles. The second-order valence-corrected chi connectivity index (χ2v) is 12.7. The van der Waals surface area contributed by atoms with Gasteiger partial charge in [0.25, 0.3) is 0 Å². The number of phenolic OH excluding ortho intramolecular Hbond substituents is 1. The largest absolute Gasteiger partial charge is 0.508 e. The Morgan fingerprint density at radius 3 is 2.52 bits per heavy atom. The summed E-state index contributed by atoms with van der Waals surface area (Å²) < 4.78 is 0. The van der Waals surface area contributed by atoms with Crippen LogP contribution in [-0.2, 0) is 9.59 Å². The van der Waals surface area contributed by atoms with Crippen molar-refractivity contribution in [3.05, 3.63) is 70.0 Å². The summed E-state index contributed by atoms with van der Waals surface area (Å²) in [5.41, 5.74) is 4.01. The van der Waals surface area contributed by atoms with Crippen LogP contribution in [0.5, 0.6) is 5.75 Å². The highest BCUT2D eigenvalue weighted by molar-refractivity contribution is 6.32. The number of carbonyl (C=O) groups excluding carboxylic acids is 2. The van der Waals surface area contributed by atoms with Crippen molar-refractivity contribution in [2.75, 3.05) is 6.61 Å². The number of hydrogen-bond acceptors (Lipinski definition) is 6. The molecule has 0 bridgehead atoms. The van der Waals surface area contributed by atoms with Crippen LogP contribution in [0.3, 0.4) is 0 Å². The Bertz CT molecular complexity index is 1370.